The van der Waals surface area contributed by atoms with E-state index in [0.29, 0.717) is 0 Å². The zero-order valence-corrected chi connectivity index (χ0v) is 8.64. The largest absolute Gasteiger partial charge is 0.379 e. The summed E-state index contributed by atoms with van der Waals surface area (Å²) in [6.07, 6.45) is 2.09. The number of hydrogen-bond donors (Lipinski definition) is 0. The van der Waals surface area contributed by atoms with Crippen LogP contribution in [0, 0.1) is 16.7 Å². The molecule has 3 heteroatoms. The molecule has 0 bridgehead atoms. The maximum absolute atomic E-state index is 9.26. The molecule has 1 aromatic heterocycles. The first-order valence-electron chi connectivity index (χ1n) is 4.86. The molecule has 0 N–H and O–H groups in total. The molecule has 1 aliphatic heterocycles. The number of ether oxygens (including phenoxy) is 1. The Hall–Kier alpha value is -0.850. The molecule has 1 aliphatic carbocycles. The predicted octanol–water partition coefficient (Wildman–Crippen LogP) is 2.32. The average molecular weight is 205 g/mol. The highest BCUT2D eigenvalue weighted by atomic mass is 32.1. The molecule has 3 rings (SSSR count). The summed E-state index contributed by atoms with van der Waals surface area (Å²) in [6, 6.07) is 6.72. The summed E-state index contributed by atoms with van der Waals surface area (Å²) in [5.41, 5.74) is -0.0635. The van der Waals surface area contributed by atoms with Gasteiger partial charge in [0.25, 0.3) is 0 Å². The Morgan fingerprint density at radius 1 is 1.43 bits per heavy atom. The highest BCUT2D eigenvalue weighted by Gasteiger charge is 2.64. The van der Waals surface area contributed by atoms with Crippen molar-refractivity contribution in [2.24, 2.45) is 5.41 Å². The summed E-state index contributed by atoms with van der Waals surface area (Å²) >= 11 is 1.76. The fraction of sp³-hybridized carbons (Fsp3) is 0.545. The minimum atomic E-state index is -0.101. The summed E-state index contributed by atoms with van der Waals surface area (Å²) in [4.78, 5) is 1.34. The van der Waals surface area contributed by atoms with Crippen LogP contribution >= 0.6 is 11.3 Å². The Bertz CT molecular complexity index is 382. The summed E-state index contributed by atoms with van der Waals surface area (Å²) in [5, 5.41) is 11.3. The van der Waals surface area contributed by atoms with Gasteiger partial charge in [0.1, 0.15) is 0 Å². The lowest BCUT2D eigenvalue weighted by atomic mass is 9.70. The molecule has 2 fully saturated rings. The van der Waals surface area contributed by atoms with Gasteiger partial charge in [-0.25, -0.2) is 0 Å². The molecule has 0 aromatic carbocycles. The molecule has 0 spiro atoms. The van der Waals surface area contributed by atoms with E-state index in [1.165, 1.54) is 4.88 Å². The molecule has 0 unspecified atom stereocenters. The van der Waals surface area contributed by atoms with Crippen molar-refractivity contribution >= 4 is 11.3 Å². The lowest BCUT2D eigenvalue weighted by Gasteiger charge is -2.44. The van der Waals surface area contributed by atoms with Gasteiger partial charge in [-0.3, -0.25) is 0 Å². The van der Waals surface area contributed by atoms with Gasteiger partial charge in [-0.15, -0.1) is 11.3 Å². The molecule has 0 atom stereocenters. The van der Waals surface area contributed by atoms with E-state index < -0.39 is 0 Å². The van der Waals surface area contributed by atoms with Gasteiger partial charge in [0.05, 0.1) is 30.1 Å². The van der Waals surface area contributed by atoms with Crippen LogP contribution in [0.2, 0.25) is 0 Å². The monoisotopic (exact) mass is 205 g/mol. The summed E-state index contributed by atoms with van der Waals surface area (Å²) < 4.78 is 5.35. The predicted molar refractivity (Wildman–Crippen MR) is 54.1 cm³/mol. The van der Waals surface area contributed by atoms with Crippen LogP contribution in [0.4, 0.5) is 0 Å². The molecule has 2 nitrogen and oxygen atoms in total. The lowest BCUT2D eigenvalue weighted by molar-refractivity contribution is -0.0847. The minimum Gasteiger partial charge on any atom is -0.379 e. The first-order valence-corrected chi connectivity index (χ1v) is 5.74. The Morgan fingerprint density at radius 3 is 2.57 bits per heavy atom. The fourth-order valence-corrected chi connectivity index (χ4v) is 3.33. The van der Waals surface area contributed by atoms with Crippen molar-refractivity contribution in [1.29, 1.82) is 5.26 Å². The van der Waals surface area contributed by atoms with Gasteiger partial charge in [0, 0.05) is 4.88 Å². The molecule has 2 aliphatic rings. The molecule has 2 heterocycles. The van der Waals surface area contributed by atoms with Gasteiger partial charge < -0.3 is 4.74 Å². The van der Waals surface area contributed by atoms with Crippen LogP contribution in [0.1, 0.15) is 17.7 Å². The topological polar surface area (TPSA) is 33.0 Å². The van der Waals surface area contributed by atoms with Crippen molar-refractivity contribution in [3.8, 4) is 6.07 Å². The van der Waals surface area contributed by atoms with Crippen molar-refractivity contribution in [1.82, 2.24) is 0 Å². The molecule has 1 saturated heterocycles. The highest BCUT2D eigenvalue weighted by Crippen LogP contribution is 2.62. The number of hydrogen-bond acceptors (Lipinski definition) is 3. The number of nitrogens with zero attached hydrogens (tertiary/aromatic N) is 1. The van der Waals surface area contributed by atoms with E-state index in [2.05, 4.69) is 23.6 Å². The maximum Gasteiger partial charge on any atom is 0.0724 e. The molecular weight excluding hydrogens is 194 g/mol. The third kappa shape index (κ3) is 0.832. The van der Waals surface area contributed by atoms with Gasteiger partial charge >= 0.3 is 0 Å². The van der Waals surface area contributed by atoms with Crippen LogP contribution in [0.5, 0.6) is 0 Å². The van der Waals surface area contributed by atoms with E-state index in [0.717, 1.165) is 26.1 Å². The van der Waals surface area contributed by atoms with Crippen LogP contribution in [-0.2, 0) is 10.2 Å². The van der Waals surface area contributed by atoms with Gasteiger partial charge in [0.15, 0.2) is 0 Å². The standard InChI is InChI=1S/C11H11NOS/c12-6-10(3-4-10)11(7-13-8-11)9-2-1-5-14-9/h1-2,5H,3-4,7-8H2. The molecule has 72 valence electrons. The van der Waals surface area contributed by atoms with Crippen LogP contribution in [0.3, 0.4) is 0 Å². The van der Waals surface area contributed by atoms with Crippen molar-refractivity contribution in [2.45, 2.75) is 18.3 Å². The van der Waals surface area contributed by atoms with E-state index in [4.69, 9.17) is 4.74 Å². The van der Waals surface area contributed by atoms with Gasteiger partial charge in [0.2, 0.25) is 0 Å². The summed E-state index contributed by atoms with van der Waals surface area (Å²) in [6.45, 7) is 1.47. The third-order valence-corrected chi connectivity index (χ3v) is 4.64. The van der Waals surface area contributed by atoms with Gasteiger partial charge in [-0.05, 0) is 24.3 Å². The zero-order chi connectivity index (χ0) is 9.65. The molecule has 1 saturated carbocycles. The zero-order valence-electron chi connectivity index (χ0n) is 7.82. The minimum absolute atomic E-state index is 0.0376. The second-order valence-electron chi connectivity index (χ2n) is 4.25. The first kappa shape index (κ1) is 8.46. The van der Waals surface area contributed by atoms with Crippen molar-refractivity contribution in [3.63, 3.8) is 0 Å². The van der Waals surface area contributed by atoms with Crippen LogP contribution in [0.25, 0.3) is 0 Å². The number of nitriles is 1. The van der Waals surface area contributed by atoms with Crippen molar-refractivity contribution in [3.05, 3.63) is 22.4 Å². The number of rotatable bonds is 2. The van der Waals surface area contributed by atoms with Crippen LogP contribution < -0.4 is 0 Å². The SMILES string of the molecule is N#CC1(C2(c3cccs3)COC2)CC1. The normalized spacial score (nSPS) is 26.2. The fourth-order valence-electron chi connectivity index (χ4n) is 2.33. The highest BCUT2D eigenvalue weighted by molar-refractivity contribution is 7.10. The Balaban J connectivity index is 2.05. The average Bonchev–Trinajstić information content (AvgIpc) is 2.72. The van der Waals surface area contributed by atoms with E-state index in [9.17, 15) is 5.26 Å². The van der Waals surface area contributed by atoms with E-state index >= 15 is 0 Å². The lowest BCUT2D eigenvalue weighted by Crippen LogP contribution is -2.52. The molecule has 0 radical (unpaired) electrons. The third-order valence-electron chi connectivity index (χ3n) is 3.57. The molecule has 14 heavy (non-hydrogen) atoms. The van der Waals surface area contributed by atoms with Crippen LogP contribution in [-0.4, -0.2) is 13.2 Å². The van der Waals surface area contributed by atoms with E-state index in [1.54, 1.807) is 11.3 Å². The second-order valence-corrected chi connectivity index (χ2v) is 5.19. The summed E-state index contributed by atoms with van der Waals surface area (Å²) in [7, 11) is 0. The van der Waals surface area contributed by atoms with E-state index in [1.807, 2.05) is 0 Å². The molecule has 0 amide bonds. The van der Waals surface area contributed by atoms with E-state index in [-0.39, 0.29) is 10.8 Å². The van der Waals surface area contributed by atoms with Gasteiger partial charge in [-0.1, -0.05) is 6.07 Å². The van der Waals surface area contributed by atoms with Crippen molar-refractivity contribution in [2.75, 3.05) is 13.2 Å². The van der Waals surface area contributed by atoms with Crippen molar-refractivity contribution < 1.29 is 4.74 Å². The van der Waals surface area contributed by atoms with Crippen LogP contribution in [0.15, 0.2) is 17.5 Å². The molecular formula is C11H11NOS. The molecule has 1 aromatic rings. The Labute approximate surface area is 87.1 Å². The smallest absolute Gasteiger partial charge is 0.0724 e. The second kappa shape index (κ2) is 2.59. The Morgan fingerprint density at radius 2 is 2.21 bits per heavy atom. The number of thiophene rings is 1. The Kier molecular flexibility index (Phi) is 1.56. The quantitative estimate of drug-likeness (QED) is 0.742. The summed E-state index contributed by atoms with van der Waals surface area (Å²) in [5.74, 6) is 0. The maximum atomic E-state index is 9.26. The first-order chi connectivity index (χ1) is 6.83. The van der Waals surface area contributed by atoms with Gasteiger partial charge in [-0.2, -0.15) is 5.26 Å².